The summed E-state index contributed by atoms with van der Waals surface area (Å²) < 4.78 is 1.25. The summed E-state index contributed by atoms with van der Waals surface area (Å²) in [6.45, 7) is 0. The predicted molar refractivity (Wildman–Crippen MR) is 24.2 cm³/mol. The molecule has 1 rings (SSSR count). The van der Waals surface area contributed by atoms with Crippen molar-refractivity contribution in [2.24, 2.45) is 10.9 Å². The van der Waals surface area contributed by atoms with Gasteiger partial charge in [0.2, 0.25) is 0 Å². The lowest BCUT2D eigenvalue weighted by atomic mass is 11.7. The monoisotopic (exact) mass is 103 g/mol. The lowest BCUT2D eigenvalue weighted by molar-refractivity contribution is 0.390. The van der Waals surface area contributed by atoms with Crippen LogP contribution in [-0.2, 0) is 0 Å². The first-order chi connectivity index (χ1) is 2.89. The van der Waals surface area contributed by atoms with Crippen LogP contribution < -0.4 is 11.4 Å². The highest BCUT2D eigenvalue weighted by molar-refractivity contribution is 8.10. The first-order valence-electron chi connectivity index (χ1n) is 1.32. The van der Waals surface area contributed by atoms with Gasteiger partial charge >= 0.3 is 0 Å². The molecule has 0 spiro atoms. The Morgan fingerprint density at radius 2 is 2.83 bits per heavy atom. The normalized spacial score (nSPS) is 21.5. The van der Waals surface area contributed by atoms with E-state index in [1.807, 2.05) is 0 Å². The van der Waals surface area contributed by atoms with Crippen molar-refractivity contribution < 1.29 is 0 Å². The standard InChI is InChI=1S/CH3N4S/c2-5-4-3-1-6-5/h4H,2H2. The molecule has 0 saturated carbocycles. The van der Waals surface area contributed by atoms with Gasteiger partial charge in [-0.3, -0.25) is 0 Å². The van der Waals surface area contributed by atoms with E-state index in [1.165, 1.54) is 16.5 Å². The third-order valence-corrected chi connectivity index (χ3v) is 0.785. The average Bonchev–Trinajstić information content (AvgIpc) is 1.86. The van der Waals surface area contributed by atoms with Gasteiger partial charge in [-0.25, -0.2) is 11.4 Å². The summed E-state index contributed by atoms with van der Waals surface area (Å²) in [6, 6.07) is 0. The minimum Gasteiger partial charge on any atom is -0.239 e. The summed E-state index contributed by atoms with van der Waals surface area (Å²) in [6.07, 6.45) is 0. The van der Waals surface area contributed by atoms with Gasteiger partial charge in [0.15, 0.2) is 5.55 Å². The highest BCUT2D eigenvalue weighted by atomic mass is 32.2. The van der Waals surface area contributed by atoms with Gasteiger partial charge in [0.1, 0.15) is 0 Å². The number of hydrogen-bond acceptors (Lipinski definition) is 5. The Balaban J connectivity index is 2.32. The molecule has 6 heavy (non-hydrogen) atoms. The molecule has 1 radical (unpaired) electrons. The van der Waals surface area contributed by atoms with Crippen LogP contribution in [0.25, 0.3) is 0 Å². The molecule has 0 amide bonds. The predicted octanol–water partition coefficient (Wildman–Crippen LogP) is -0.851. The molecule has 4 nitrogen and oxygen atoms in total. The van der Waals surface area contributed by atoms with Crippen molar-refractivity contribution in [2.75, 3.05) is 0 Å². The molecule has 0 saturated heterocycles. The Hall–Kier alpha value is -0.260. The molecule has 0 aliphatic carbocycles. The van der Waals surface area contributed by atoms with E-state index in [2.05, 4.69) is 16.2 Å². The second-order valence-corrected chi connectivity index (χ2v) is 1.48. The van der Waals surface area contributed by atoms with Crippen LogP contribution in [-0.4, -0.2) is 10.1 Å². The van der Waals surface area contributed by atoms with Crippen LogP contribution in [0.1, 0.15) is 0 Å². The molecule has 3 N–H and O–H groups in total. The minimum atomic E-state index is 1.18. The van der Waals surface area contributed by atoms with Crippen molar-refractivity contribution in [3.05, 3.63) is 0 Å². The summed E-state index contributed by atoms with van der Waals surface area (Å²) in [7, 11) is 0. The van der Waals surface area contributed by atoms with Crippen molar-refractivity contribution in [1.29, 1.82) is 0 Å². The Morgan fingerprint density at radius 1 is 2.00 bits per heavy atom. The van der Waals surface area contributed by atoms with Gasteiger partial charge in [0.25, 0.3) is 0 Å². The van der Waals surface area contributed by atoms with Gasteiger partial charge in [0, 0.05) is 11.9 Å². The highest BCUT2D eigenvalue weighted by Gasteiger charge is 1.98. The molecule has 1 aliphatic rings. The number of rotatable bonds is 0. The molecular formula is CH3N4S. The highest BCUT2D eigenvalue weighted by Crippen LogP contribution is 1.98. The third-order valence-electron chi connectivity index (χ3n) is 0.333. The molecule has 1 aliphatic heterocycles. The Labute approximate surface area is 39.4 Å². The van der Waals surface area contributed by atoms with Crippen molar-refractivity contribution >= 4 is 17.5 Å². The number of hydrazine groups is 2. The molecule has 0 aromatic rings. The largest absolute Gasteiger partial charge is 0.239 e. The van der Waals surface area contributed by atoms with Crippen LogP contribution >= 0.6 is 11.9 Å². The first-order valence-corrected chi connectivity index (χ1v) is 2.09. The molecule has 0 unspecified atom stereocenters. The average molecular weight is 103 g/mol. The molecule has 0 aromatic carbocycles. The van der Waals surface area contributed by atoms with E-state index in [9.17, 15) is 0 Å². The zero-order valence-electron chi connectivity index (χ0n) is 2.88. The van der Waals surface area contributed by atoms with E-state index in [4.69, 9.17) is 5.84 Å². The number of nitrogens with zero attached hydrogens (tertiary/aromatic N) is 2. The number of nitrogens with one attached hydrogen (secondary N) is 1. The van der Waals surface area contributed by atoms with E-state index >= 15 is 0 Å². The van der Waals surface area contributed by atoms with Crippen LogP contribution in [0.15, 0.2) is 5.10 Å². The molecule has 0 bridgehead atoms. The molecule has 5 heteroatoms. The minimum absolute atomic E-state index is 1.18. The maximum absolute atomic E-state index is 5.06. The van der Waals surface area contributed by atoms with E-state index in [-0.39, 0.29) is 0 Å². The van der Waals surface area contributed by atoms with E-state index in [1.54, 1.807) is 0 Å². The fourth-order valence-electron chi connectivity index (χ4n) is 0.154. The smallest absolute Gasteiger partial charge is 0.171 e. The number of hydrazone groups is 1. The van der Waals surface area contributed by atoms with Gasteiger partial charge < -0.3 is 0 Å². The van der Waals surface area contributed by atoms with Crippen LogP contribution in [0, 0.1) is 0 Å². The van der Waals surface area contributed by atoms with Crippen LogP contribution in [0.3, 0.4) is 0 Å². The van der Waals surface area contributed by atoms with Crippen molar-refractivity contribution in [2.45, 2.75) is 0 Å². The van der Waals surface area contributed by atoms with Crippen molar-refractivity contribution in [3.63, 3.8) is 0 Å². The Bertz CT molecular complexity index is 61.9. The fraction of sp³-hybridized carbons (Fsp3) is 0. The van der Waals surface area contributed by atoms with Gasteiger partial charge in [-0.05, 0) is 0 Å². The van der Waals surface area contributed by atoms with Gasteiger partial charge in [-0.15, -0.1) is 0 Å². The summed E-state index contributed by atoms with van der Waals surface area (Å²) in [5.41, 5.74) is 4.91. The second-order valence-electron chi connectivity index (χ2n) is 0.720. The first kappa shape index (κ1) is 3.91. The summed E-state index contributed by atoms with van der Waals surface area (Å²) in [5, 5.41) is 3.43. The molecule has 0 aromatic heterocycles. The maximum atomic E-state index is 5.06. The summed E-state index contributed by atoms with van der Waals surface area (Å²) in [5.74, 6) is 5.06. The maximum Gasteiger partial charge on any atom is 0.171 e. The quantitative estimate of drug-likeness (QED) is 0.310. The zero-order chi connectivity index (χ0) is 4.41. The third kappa shape index (κ3) is 0.618. The van der Waals surface area contributed by atoms with Gasteiger partial charge in [0.05, 0.1) is 0 Å². The van der Waals surface area contributed by atoms with Crippen molar-refractivity contribution in [3.8, 4) is 0 Å². The van der Waals surface area contributed by atoms with Crippen LogP contribution in [0.5, 0.6) is 0 Å². The number of nitrogens with two attached hydrogens (primary N) is 1. The SMILES string of the molecule is NN1NN=[C]S1. The topological polar surface area (TPSA) is 53.6 Å². The molecule has 0 atom stereocenters. The lowest BCUT2D eigenvalue weighted by Crippen LogP contribution is -2.29. The lowest BCUT2D eigenvalue weighted by Gasteiger charge is -1.99. The second kappa shape index (κ2) is 1.46. The van der Waals surface area contributed by atoms with E-state index in [0.29, 0.717) is 0 Å². The molecule has 0 fully saturated rings. The number of hydrogen-bond donors (Lipinski definition) is 2. The van der Waals surface area contributed by atoms with E-state index in [0.717, 1.165) is 0 Å². The van der Waals surface area contributed by atoms with Gasteiger partial charge in [-0.2, -0.15) is 5.10 Å². The Kier molecular flexibility index (Phi) is 0.952. The van der Waals surface area contributed by atoms with Crippen LogP contribution in [0.4, 0.5) is 0 Å². The van der Waals surface area contributed by atoms with E-state index < -0.39 is 0 Å². The molecular weight excluding hydrogens is 100 g/mol. The summed E-state index contributed by atoms with van der Waals surface area (Å²) in [4.78, 5) is 0. The Morgan fingerprint density at radius 3 is 3.00 bits per heavy atom. The zero-order valence-corrected chi connectivity index (χ0v) is 3.70. The van der Waals surface area contributed by atoms with Crippen LogP contribution in [0.2, 0.25) is 0 Å². The molecule has 33 valence electrons. The summed E-state index contributed by atoms with van der Waals surface area (Å²) >= 11 is 1.18. The van der Waals surface area contributed by atoms with Gasteiger partial charge in [-0.1, -0.05) is 4.52 Å². The fourth-order valence-corrected chi connectivity index (χ4v) is 0.406. The van der Waals surface area contributed by atoms with Crippen molar-refractivity contribution in [1.82, 2.24) is 10.1 Å². The molecule has 1 heterocycles.